The molecular formula is C21H16N2OS. The van der Waals surface area contributed by atoms with Gasteiger partial charge in [-0.05, 0) is 58.1 Å². The number of nitrogens with zero attached hydrogens (tertiary/aromatic N) is 1. The van der Waals surface area contributed by atoms with Crippen molar-refractivity contribution in [3.8, 4) is 11.1 Å². The molecule has 3 aromatic heterocycles. The molecule has 25 heavy (non-hydrogen) atoms. The number of aromatic amines is 1. The molecule has 0 bridgehead atoms. The number of ketones is 1. The predicted molar refractivity (Wildman–Crippen MR) is 104 cm³/mol. The summed E-state index contributed by atoms with van der Waals surface area (Å²) in [6.45, 7) is 5.75. The van der Waals surface area contributed by atoms with E-state index in [1.807, 2.05) is 36.6 Å². The van der Waals surface area contributed by atoms with Crippen LogP contribution in [0.15, 0.2) is 60.1 Å². The second-order valence-electron chi connectivity index (χ2n) is 5.90. The molecule has 0 aliphatic carbocycles. The van der Waals surface area contributed by atoms with Gasteiger partial charge in [0.1, 0.15) is 5.65 Å². The van der Waals surface area contributed by atoms with Crippen molar-refractivity contribution < 1.29 is 4.79 Å². The lowest BCUT2D eigenvalue weighted by Crippen LogP contribution is -2.04. The molecule has 0 saturated carbocycles. The summed E-state index contributed by atoms with van der Waals surface area (Å²) in [7, 11) is 0. The van der Waals surface area contributed by atoms with Gasteiger partial charge in [0.25, 0.3) is 0 Å². The summed E-state index contributed by atoms with van der Waals surface area (Å²) in [5, 5.41) is 4.99. The number of carbonyl (C=O) groups is 1. The Bertz CT molecular complexity index is 1090. The third-order valence-corrected chi connectivity index (χ3v) is 5.08. The standard InChI is InChI=1S/C21H16N2OS/c1-3-14-5-4-13(2)17(10-14)20(24)18-11-23-21-19(18)16(6-8-22-21)15-7-9-25-12-15/h3-12H,1H2,2H3,(H,22,23). The largest absolute Gasteiger partial charge is 0.345 e. The molecule has 0 spiro atoms. The molecular weight excluding hydrogens is 328 g/mol. The highest BCUT2D eigenvalue weighted by Gasteiger charge is 2.19. The van der Waals surface area contributed by atoms with Crippen molar-refractivity contribution in [2.45, 2.75) is 6.92 Å². The van der Waals surface area contributed by atoms with Crippen LogP contribution in [0.2, 0.25) is 0 Å². The average molecular weight is 344 g/mol. The Kier molecular flexibility index (Phi) is 3.82. The maximum Gasteiger partial charge on any atom is 0.195 e. The fraction of sp³-hybridized carbons (Fsp3) is 0.0476. The number of aryl methyl sites for hydroxylation is 1. The number of fused-ring (bicyclic) bond motifs is 1. The summed E-state index contributed by atoms with van der Waals surface area (Å²) >= 11 is 1.64. The molecule has 1 N–H and O–H groups in total. The van der Waals surface area contributed by atoms with Gasteiger partial charge in [0.15, 0.2) is 5.78 Å². The fourth-order valence-electron chi connectivity index (χ4n) is 3.05. The lowest BCUT2D eigenvalue weighted by molar-refractivity contribution is 0.103. The van der Waals surface area contributed by atoms with Crippen LogP contribution in [0.5, 0.6) is 0 Å². The molecule has 0 saturated heterocycles. The van der Waals surface area contributed by atoms with Crippen LogP contribution in [-0.2, 0) is 0 Å². The molecule has 3 nitrogen and oxygen atoms in total. The van der Waals surface area contributed by atoms with Crippen LogP contribution in [0.4, 0.5) is 0 Å². The van der Waals surface area contributed by atoms with Crippen LogP contribution in [0.25, 0.3) is 28.2 Å². The van der Waals surface area contributed by atoms with Crippen LogP contribution in [0, 0.1) is 6.92 Å². The molecule has 0 radical (unpaired) electrons. The minimum absolute atomic E-state index is 0.00284. The van der Waals surface area contributed by atoms with Crippen molar-refractivity contribution in [3.05, 3.63) is 82.3 Å². The minimum atomic E-state index is -0.00284. The van der Waals surface area contributed by atoms with E-state index in [0.29, 0.717) is 11.1 Å². The summed E-state index contributed by atoms with van der Waals surface area (Å²) < 4.78 is 0. The Hall–Kier alpha value is -2.98. The molecule has 1 aromatic carbocycles. The highest BCUT2D eigenvalue weighted by atomic mass is 32.1. The molecule has 4 heteroatoms. The van der Waals surface area contributed by atoms with E-state index in [9.17, 15) is 4.79 Å². The van der Waals surface area contributed by atoms with Crippen molar-refractivity contribution in [2.75, 3.05) is 0 Å². The first-order valence-corrected chi connectivity index (χ1v) is 8.90. The van der Waals surface area contributed by atoms with Crippen LogP contribution >= 0.6 is 11.3 Å². The van der Waals surface area contributed by atoms with Gasteiger partial charge in [-0.25, -0.2) is 4.98 Å². The van der Waals surface area contributed by atoms with Gasteiger partial charge in [-0.15, -0.1) is 0 Å². The van der Waals surface area contributed by atoms with Crippen molar-refractivity contribution in [1.82, 2.24) is 9.97 Å². The highest BCUT2D eigenvalue weighted by molar-refractivity contribution is 7.08. The summed E-state index contributed by atoms with van der Waals surface area (Å²) in [6.07, 6.45) is 5.28. The van der Waals surface area contributed by atoms with Crippen molar-refractivity contribution in [1.29, 1.82) is 0 Å². The number of rotatable bonds is 4. The zero-order chi connectivity index (χ0) is 17.4. The molecule has 3 heterocycles. The van der Waals surface area contributed by atoms with Gasteiger partial charge in [0.2, 0.25) is 0 Å². The Balaban J connectivity index is 1.93. The number of thiophene rings is 1. The monoisotopic (exact) mass is 344 g/mol. The fourth-order valence-corrected chi connectivity index (χ4v) is 3.71. The number of nitrogens with one attached hydrogen (secondary N) is 1. The summed E-state index contributed by atoms with van der Waals surface area (Å²) in [4.78, 5) is 20.8. The molecule has 0 aliphatic heterocycles. The maximum absolute atomic E-state index is 13.3. The van der Waals surface area contributed by atoms with Gasteiger partial charge in [-0.3, -0.25) is 4.79 Å². The Labute approximate surface area is 149 Å². The van der Waals surface area contributed by atoms with Crippen molar-refractivity contribution in [2.24, 2.45) is 0 Å². The molecule has 0 aliphatic rings. The third-order valence-electron chi connectivity index (χ3n) is 4.39. The first-order chi connectivity index (χ1) is 12.2. The molecule has 0 amide bonds. The van der Waals surface area contributed by atoms with Crippen LogP contribution in [-0.4, -0.2) is 15.8 Å². The summed E-state index contributed by atoms with van der Waals surface area (Å²) in [5.74, 6) is -0.00284. The van der Waals surface area contributed by atoms with E-state index in [2.05, 4.69) is 28.0 Å². The topological polar surface area (TPSA) is 45.8 Å². The molecule has 122 valence electrons. The van der Waals surface area contributed by atoms with Gasteiger partial charge in [-0.2, -0.15) is 11.3 Å². The van der Waals surface area contributed by atoms with Crippen LogP contribution in [0.3, 0.4) is 0 Å². The second kappa shape index (κ2) is 6.15. The zero-order valence-electron chi connectivity index (χ0n) is 13.7. The van der Waals surface area contributed by atoms with Gasteiger partial charge in [0, 0.05) is 23.3 Å². The second-order valence-corrected chi connectivity index (χ2v) is 6.68. The van der Waals surface area contributed by atoms with E-state index >= 15 is 0 Å². The number of aromatic nitrogens is 2. The number of pyridine rings is 1. The minimum Gasteiger partial charge on any atom is -0.345 e. The molecule has 0 atom stereocenters. The molecule has 0 unspecified atom stereocenters. The lowest BCUT2D eigenvalue weighted by atomic mass is 9.95. The number of hydrogen-bond acceptors (Lipinski definition) is 3. The Morgan fingerprint density at radius 1 is 1.24 bits per heavy atom. The number of carbonyl (C=O) groups excluding carboxylic acids is 1. The van der Waals surface area contributed by atoms with Crippen molar-refractivity contribution in [3.63, 3.8) is 0 Å². The first kappa shape index (κ1) is 15.5. The Morgan fingerprint density at radius 3 is 2.88 bits per heavy atom. The van der Waals surface area contributed by atoms with E-state index in [1.165, 1.54) is 0 Å². The molecule has 4 rings (SSSR count). The first-order valence-electron chi connectivity index (χ1n) is 7.95. The molecule has 4 aromatic rings. The SMILES string of the molecule is C=Cc1ccc(C)c(C(=O)c2c[nH]c3nccc(-c4ccsc4)c23)c1. The quantitative estimate of drug-likeness (QED) is 0.499. The smallest absolute Gasteiger partial charge is 0.195 e. The van der Waals surface area contributed by atoms with Crippen LogP contribution < -0.4 is 0 Å². The normalized spacial score (nSPS) is 10.9. The van der Waals surface area contributed by atoms with E-state index in [4.69, 9.17) is 0 Å². The van der Waals surface area contributed by atoms with E-state index in [1.54, 1.807) is 29.8 Å². The van der Waals surface area contributed by atoms with Crippen molar-refractivity contribution >= 4 is 34.2 Å². The van der Waals surface area contributed by atoms with Gasteiger partial charge in [-0.1, -0.05) is 24.8 Å². The van der Waals surface area contributed by atoms with Gasteiger partial charge < -0.3 is 4.98 Å². The van der Waals surface area contributed by atoms with Crippen LogP contribution in [0.1, 0.15) is 27.0 Å². The Morgan fingerprint density at radius 2 is 2.12 bits per heavy atom. The number of benzene rings is 1. The number of hydrogen-bond donors (Lipinski definition) is 1. The van der Waals surface area contributed by atoms with E-state index in [-0.39, 0.29) is 5.78 Å². The zero-order valence-corrected chi connectivity index (χ0v) is 14.6. The lowest BCUT2D eigenvalue weighted by Gasteiger charge is -2.07. The highest BCUT2D eigenvalue weighted by Crippen LogP contribution is 2.32. The van der Waals surface area contributed by atoms with E-state index < -0.39 is 0 Å². The molecule has 0 fully saturated rings. The third kappa shape index (κ3) is 2.61. The number of H-pyrrole nitrogens is 1. The average Bonchev–Trinajstić information content (AvgIpc) is 3.31. The predicted octanol–water partition coefficient (Wildman–Crippen LogP) is 5.47. The maximum atomic E-state index is 13.3. The van der Waals surface area contributed by atoms with Gasteiger partial charge in [0.05, 0.1) is 5.56 Å². The summed E-state index contributed by atoms with van der Waals surface area (Å²) in [6, 6.07) is 9.83. The van der Waals surface area contributed by atoms with Gasteiger partial charge >= 0.3 is 0 Å². The van der Waals surface area contributed by atoms with E-state index in [0.717, 1.165) is 33.3 Å². The summed E-state index contributed by atoms with van der Waals surface area (Å²) in [5.41, 5.74) is 6.07.